The van der Waals surface area contributed by atoms with Gasteiger partial charge in [-0.3, -0.25) is 14.4 Å². The standard InChI is InChI=1S/C47H40F2N6O3/c1-29-31(11-9-17-37(29)48)21-41-45(35-25-51-43(57)23-39(35)54(41)33-13-5-3-6-14-33)47(27-50-19-20-53(47)28-56)46-36-26-52-44(58)24-40(36)55(34-15-7-4-8-16-34)42(46)22-32-12-10-18-38(49)30(32)2/h3-18,23-26,28,50H,19-22,27H2,1-2H3,(H,51,57)(H,52,58). The highest BCUT2D eigenvalue weighted by Gasteiger charge is 2.49. The van der Waals surface area contributed by atoms with Gasteiger partial charge >= 0.3 is 0 Å². The van der Waals surface area contributed by atoms with Crippen LogP contribution in [0.25, 0.3) is 33.2 Å². The summed E-state index contributed by atoms with van der Waals surface area (Å²) in [6.45, 7) is 4.54. The number of aromatic nitrogens is 4. The molecule has 290 valence electrons. The summed E-state index contributed by atoms with van der Waals surface area (Å²) in [6, 6.07) is 32.5. The first kappa shape index (κ1) is 36.8. The predicted molar refractivity (Wildman–Crippen MR) is 222 cm³/mol. The van der Waals surface area contributed by atoms with E-state index >= 15 is 8.78 Å². The van der Waals surface area contributed by atoms with E-state index in [-0.39, 0.29) is 42.1 Å². The monoisotopic (exact) mass is 774 g/mol. The van der Waals surface area contributed by atoms with E-state index in [9.17, 15) is 14.4 Å². The molecule has 9 rings (SSSR count). The van der Waals surface area contributed by atoms with Gasteiger partial charge in [-0.1, -0.05) is 60.7 Å². The van der Waals surface area contributed by atoms with Gasteiger partial charge in [0.15, 0.2) is 0 Å². The van der Waals surface area contributed by atoms with Crippen LogP contribution < -0.4 is 16.4 Å². The lowest BCUT2D eigenvalue weighted by molar-refractivity contribution is -0.124. The summed E-state index contributed by atoms with van der Waals surface area (Å²) in [5, 5.41) is 4.99. The molecular weight excluding hydrogens is 735 g/mol. The second kappa shape index (κ2) is 14.6. The van der Waals surface area contributed by atoms with E-state index in [1.54, 1.807) is 55.4 Å². The fraction of sp³-hybridized carbons (Fsp3) is 0.170. The minimum atomic E-state index is -1.32. The number of fused-ring (bicyclic) bond motifs is 2. The van der Waals surface area contributed by atoms with Gasteiger partial charge in [-0.05, 0) is 72.5 Å². The molecule has 1 aliphatic heterocycles. The SMILES string of the molecule is Cc1c(F)cccc1Cc1c(C2(c3c(Cc4cccc(F)c4C)n(-c4ccccc4)c4cc(=O)[nH]cc34)CNCCN2C=O)c2c[nH]c(=O)cc2n1-c1ccccc1. The van der Waals surface area contributed by atoms with Gasteiger partial charge in [0.1, 0.15) is 17.2 Å². The second-order valence-electron chi connectivity index (χ2n) is 14.9. The maximum absolute atomic E-state index is 15.4. The summed E-state index contributed by atoms with van der Waals surface area (Å²) >= 11 is 0. The van der Waals surface area contributed by atoms with Gasteiger partial charge in [0.2, 0.25) is 17.5 Å². The molecule has 9 nitrogen and oxygen atoms in total. The zero-order chi connectivity index (χ0) is 40.1. The van der Waals surface area contributed by atoms with E-state index < -0.39 is 5.54 Å². The Kier molecular flexibility index (Phi) is 9.24. The van der Waals surface area contributed by atoms with Crippen molar-refractivity contribution in [2.24, 2.45) is 0 Å². The zero-order valence-electron chi connectivity index (χ0n) is 32.0. The molecule has 11 heteroatoms. The molecule has 4 aromatic carbocycles. The lowest BCUT2D eigenvalue weighted by atomic mass is 9.75. The number of hydrogen-bond donors (Lipinski definition) is 3. The lowest BCUT2D eigenvalue weighted by Crippen LogP contribution is -2.59. The van der Waals surface area contributed by atoms with Gasteiger partial charge in [0, 0.05) is 102 Å². The van der Waals surface area contributed by atoms with Crippen LogP contribution in [0.5, 0.6) is 0 Å². The summed E-state index contributed by atoms with van der Waals surface area (Å²) in [4.78, 5) is 48.1. The number of aromatic amines is 2. The molecule has 1 amide bonds. The fourth-order valence-electron chi connectivity index (χ4n) is 9.06. The first-order valence-corrected chi connectivity index (χ1v) is 19.3. The number of hydrogen-bond acceptors (Lipinski definition) is 4. The zero-order valence-corrected chi connectivity index (χ0v) is 32.0. The fourth-order valence-corrected chi connectivity index (χ4v) is 9.06. The van der Waals surface area contributed by atoms with Crippen molar-refractivity contribution < 1.29 is 13.6 Å². The molecule has 0 saturated carbocycles. The average molecular weight is 775 g/mol. The first-order chi connectivity index (χ1) is 28.2. The van der Waals surface area contributed by atoms with Crippen LogP contribution >= 0.6 is 0 Å². The average Bonchev–Trinajstić information content (AvgIpc) is 3.73. The number of nitrogens with one attached hydrogen (secondary N) is 3. The highest BCUT2D eigenvalue weighted by Crippen LogP contribution is 2.49. The Hall–Kier alpha value is -6.85. The van der Waals surface area contributed by atoms with Crippen molar-refractivity contribution in [2.75, 3.05) is 19.6 Å². The third-order valence-electron chi connectivity index (χ3n) is 11.8. The topological polar surface area (TPSA) is 108 Å². The molecule has 1 aliphatic rings. The number of pyridine rings is 2. The van der Waals surface area contributed by atoms with Gasteiger partial charge < -0.3 is 29.3 Å². The van der Waals surface area contributed by atoms with Crippen molar-refractivity contribution in [3.63, 3.8) is 0 Å². The van der Waals surface area contributed by atoms with Gasteiger partial charge in [-0.15, -0.1) is 0 Å². The normalized spacial score (nSPS) is 14.0. The van der Waals surface area contributed by atoms with Crippen molar-refractivity contribution in [1.82, 2.24) is 29.3 Å². The number of benzene rings is 4. The summed E-state index contributed by atoms with van der Waals surface area (Å²) in [5.74, 6) is -0.689. The number of amides is 1. The van der Waals surface area contributed by atoms with E-state index in [0.717, 1.165) is 51.4 Å². The summed E-state index contributed by atoms with van der Waals surface area (Å²) in [6.07, 6.45) is 4.73. The minimum Gasteiger partial charge on any atom is -0.329 e. The molecule has 0 bridgehead atoms. The Morgan fingerprint density at radius 1 is 0.655 bits per heavy atom. The summed E-state index contributed by atoms with van der Waals surface area (Å²) in [5.41, 5.74) is 6.17. The predicted octanol–water partition coefficient (Wildman–Crippen LogP) is 7.33. The second-order valence-corrected chi connectivity index (χ2v) is 14.9. The van der Waals surface area contributed by atoms with E-state index in [0.29, 0.717) is 46.0 Å². The third kappa shape index (κ3) is 5.89. The third-order valence-corrected chi connectivity index (χ3v) is 11.8. The van der Waals surface area contributed by atoms with Crippen LogP contribution in [-0.4, -0.2) is 50.0 Å². The smallest absolute Gasteiger partial charge is 0.250 e. The molecule has 1 saturated heterocycles. The molecule has 0 unspecified atom stereocenters. The van der Waals surface area contributed by atoms with Crippen molar-refractivity contribution >= 4 is 28.2 Å². The van der Waals surface area contributed by atoms with Crippen LogP contribution in [0.1, 0.15) is 44.8 Å². The van der Waals surface area contributed by atoms with Gasteiger partial charge in [-0.2, -0.15) is 0 Å². The Balaban J connectivity index is 1.50. The quantitative estimate of drug-likeness (QED) is 0.134. The number of nitrogens with zero attached hydrogens (tertiary/aromatic N) is 3. The first-order valence-electron chi connectivity index (χ1n) is 19.3. The number of carbonyl (C=O) groups excluding carboxylic acids is 1. The van der Waals surface area contributed by atoms with Crippen molar-refractivity contribution in [1.29, 1.82) is 0 Å². The maximum Gasteiger partial charge on any atom is 0.250 e. The van der Waals surface area contributed by atoms with Crippen LogP contribution in [0.15, 0.2) is 131 Å². The molecule has 0 radical (unpaired) electrons. The summed E-state index contributed by atoms with van der Waals surface area (Å²) in [7, 11) is 0. The van der Waals surface area contributed by atoms with Crippen molar-refractivity contribution in [2.45, 2.75) is 32.2 Å². The number of H-pyrrole nitrogens is 2. The van der Waals surface area contributed by atoms with E-state index in [2.05, 4.69) is 15.3 Å². The van der Waals surface area contributed by atoms with Gasteiger partial charge in [0.05, 0.1) is 11.0 Å². The number of halogens is 2. The number of para-hydroxylation sites is 2. The molecule has 0 spiro atoms. The molecule has 3 N–H and O–H groups in total. The highest BCUT2D eigenvalue weighted by molar-refractivity contribution is 5.94. The lowest BCUT2D eigenvalue weighted by Gasteiger charge is -2.47. The van der Waals surface area contributed by atoms with Crippen LogP contribution in [0.3, 0.4) is 0 Å². The largest absolute Gasteiger partial charge is 0.329 e. The van der Waals surface area contributed by atoms with Gasteiger partial charge in [-0.25, -0.2) is 8.78 Å². The maximum atomic E-state index is 15.4. The molecule has 5 heterocycles. The van der Waals surface area contributed by atoms with Gasteiger partial charge in [0.25, 0.3) is 0 Å². The number of piperazine rings is 1. The Morgan fingerprint density at radius 3 is 1.57 bits per heavy atom. The molecule has 0 atom stereocenters. The molecule has 1 fully saturated rings. The number of rotatable bonds is 9. The van der Waals surface area contributed by atoms with Crippen LogP contribution in [-0.2, 0) is 23.2 Å². The van der Waals surface area contributed by atoms with Crippen molar-refractivity contribution in [3.05, 3.63) is 199 Å². The van der Waals surface area contributed by atoms with Crippen molar-refractivity contribution in [3.8, 4) is 11.4 Å². The summed E-state index contributed by atoms with van der Waals surface area (Å²) < 4.78 is 34.9. The highest BCUT2D eigenvalue weighted by atomic mass is 19.1. The molecule has 58 heavy (non-hydrogen) atoms. The Morgan fingerprint density at radius 2 is 1.12 bits per heavy atom. The molecule has 8 aromatic rings. The molecule has 0 aliphatic carbocycles. The van der Waals surface area contributed by atoms with E-state index in [4.69, 9.17) is 0 Å². The Bertz CT molecular complexity index is 2800. The molecular formula is C47H40F2N6O3. The number of carbonyl (C=O) groups is 1. The van der Waals surface area contributed by atoms with Crippen LogP contribution in [0.2, 0.25) is 0 Å². The molecule has 4 aromatic heterocycles. The van der Waals surface area contributed by atoms with Crippen LogP contribution in [0.4, 0.5) is 8.78 Å². The van der Waals surface area contributed by atoms with E-state index in [1.807, 2.05) is 81.9 Å². The Labute approximate surface area is 332 Å². The van der Waals surface area contributed by atoms with Crippen LogP contribution in [0, 0.1) is 25.5 Å². The van der Waals surface area contributed by atoms with E-state index in [1.165, 1.54) is 12.1 Å². The minimum absolute atomic E-state index is 0.232.